The fraction of sp³-hybridized carbons (Fsp3) is 0.370. The molecule has 3 aromatic heterocycles. The van der Waals surface area contributed by atoms with Gasteiger partial charge >= 0.3 is 0 Å². The van der Waals surface area contributed by atoms with Crippen LogP contribution in [0.15, 0.2) is 48.9 Å². The molecule has 1 fully saturated rings. The van der Waals surface area contributed by atoms with Gasteiger partial charge in [0.15, 0.2) is 9.84 Å². The summed E-state index contributed by atoms with van der Waals surface area (Å²) in [5.41, 5.74) is 8.21. The number of halogens is 2. The summed E-state index contributed by atoms with van der Waals surface area (Å²) >= 11 is 0. The van der Waals surface area contributed by atoms with Crippen molar-refractivity contribution < 1.29 is 27.0 Å². The first-order valence-electron chi connectivity index (χ1n) is 12.8. The predicted molar refractivity (Wildman–Crippen MR) is 146 cm³/mol. The number of fused-ring (bicyclic) bond motifs is 1. The lowest BCUT2D eigenvalue weighted by Crippen LogP contribution is -2.48. The number of nitrogens with two attached hydrogens (primary N) is 1. The van der Waals surface area contributed by atoms with Crippen molar-refractivity contribution in [3.8, 4) is 17.0 Å². The molecule has 0 aliphatic heterocycles. The maximum atomic E-state index is 14.9. The Morgan fingerprint density at radius 1 is 1.18 bits per heavy atom. The SMILES string of the molecule is C[C@H]1C[C@@H](c2ccncc2Nc2ncc3ccc(-c4c(F)cc(OCCO)cc4F)nn23)C[C@@H](N)[C@@H]1S(C)(=O)=O. The number of aliphatic hydroxyl groups excluding tert-OH is 1. The average molecular weight is 573 g/mol. The highest BCUT2D eigenvalue weighted by molar-refractivity contribution is 7.91. The van der Waals surface area contributed by atoms with E-state index in [1.54, 1.807) is 24.7 Å². The molecule has 1 aliphatic carbocycles. The van der Waals surface area contributed by atoms with Crippen LogP contribution >= 0.6 is 0 Å². The van der Waals surface area contributed by atoms with Crippen molar-refractivity contribution >= 4 is 27.0 Å². The molecule has 0 unspecified atom stereocenters. The molecule has 0 bridgehead atoms. The van der Waals surface area contributed by atoms with Crippen LogP contribution in [0.1, 0.15) is 31.2 Å². The summed E-state index contributed by atoms with van der Waals surface area (Å²) in [6.07, 6.45) is 7.23. The first kappa shape index (κ1) is 27.9. The number of nitrogens with zero attached hydrogens (tertiary/aromatic N) is 4. The summed E-state index contributed by atoms with van der Waals surface area (Å²) in [5.74, 6) is -1.61. The van der Waals surface area contributed by atoms with Crippen LogP contribution in [0.25, 0.3) is 16.8 Å². The van der Waals surface area contributed by atoms with Gasteiger partial charge in [-0.2, -0.15) is 9.61 Å². The molecule has 3 heterocycles. The van der Waals surface area contributed by atoms with E-state index in [4.69, 9.17) is 15.6 Å². The van der Waals surface area contributed by atoms with E-state index >= 15 is 0 Å². The molecule has 0 saturated heterocycles. The number of nitrogens with one attached hydrogen (secondary N) is 1. The molecule has 4 aromatic rings. The second kappa shape index (κ2) is 11.1. The summed E-state index contributed by atoms with van der Waals surface area (Å²) in [6, 6.07) is 6.58. The molecule has 5 rings (SSSR count). The molecule has 0 amide bonds. The highest BCUT2D eigenvalue weighted by Gasteiger charge is 2.40. The summed E-state index contributed by atoms with van der Waals surface area (Å²) in [7, 11) is -3.29. The van der Waals surface area contributed by atoms with Crippen molar-refractivity contribution in [3.63, 3.8) is 0 Å². The number of ether oxygens (including phenoxy) is 1. The van der Waals surface area contributed by atoms with E-state index in [-0.39, 0.29) is 42.1 Å². The Morgan fingerprint density at radius 2 is 1.93 bits per heavy atom. The first-order chi connectivity index (χ1) is 19.1. The van der Waals surface area contributed by atoms with Gasteiger partial charge in [0.05, 0.1) is 46.7 Å². The fourth-order valence-electron chi connectivity index (χ4n) is 5.69. The van der Waals surface area contributed by atoms with Crippen LogP contribution in [-0.2, 0) is 9.84 Å². The van der Waals surface area contributed by atoms with E-state index in [1.165, 1.54) is 16.8 Å². The van der Waals surface area contributed by atoms with Crippen LogP contribution in [0.5, 0.6) is 5.75 Å². The Morgan fingerprint density at radius 3 is 2.60 bits per heavy atom. The summed E-state index contributed by atoms with van der Waals surface area (Å²) in [5, 5.41) is 16.0. The zero-order chi connectivity index (χ0) is 28.6. The minimum Gasteiger partial charge on any atom is -0.491 e. The fourth-order valence-corrected chi connectivity index (χ4v) is 7.39. The van der Waals surface area contributed by atoms with Crippen molar-refractivity contribution in [2.24, 2.45) is 11.7 Å². The molecule has 1 aliphatic rings. The number of imidazole rings is 1. The van der Waals surface area contributed by atoms with Crippen LogP contribution in [0.2, 0.25) is 0 Å². The van der Waals surface area contributed by atoms with E-state index in [0.717, 1.165) is 17.7 Å². The standard InChI is InChI=1S/C27H30F2N6O4S/c1-15-9-16(10-22(30)26(15)40(2,37)38)19-5-6-31-14-24(19)33-27-32-13-17-3-4-23(34-35(17)27)25-20(28)11-18(12-21(25)29)39-8-7-36/h3-6,11-16,22,26,36H,7-10,30H2,1-2H3,(H,32,33)/t15-,16+,22+,26+/m0/s1. The molecular formula is C27H30F2N6O4S. The summed E-state index contributed by atoms with van der Waals surface area (Å²) in [6.45, 7) is 1.53. The lowest BCUT2D eigenvalue weighted by atomic mass is 9.76. The van der Waals surface area contributed by atoms with Gasteiger partial charge in [-0.3, -0.25) is 4.98 Å². The Balaban J connectivity index is 1.46. The third-order valence-electron chi connectivity index (χ3n) is 7.25. The molecule has 13 heteroatoms. The second-order valence-electron chi connectivity index (χ2n) is 10.2. The molecule has 1 saturated carbocycles. The molecule has 1 aromatic carbocycles. The smallest absolute Gasteiger partial charge is 0.229 e. The topological polar surface area (TPSA) is 145 Å². The van der Waals surface area contributed by atoms with Gasteiger partial charge in [-0.15, -0.1) is 0 Å². The highest BCUT2D eigenvalue weighted by atomic mass is 32.2. The third-order valence-corrected chi connectivity index (χ3v) is 9.05. The lowest BCUT2D eigenvalue weighted by molar-refractivity contribution is 0.200. The maximum absolute atomic E-state index is 14.9. The zero-order valence-electron chi connectivity index (χ0n) is 22.0. The molecule has 40 heavy (non-hydrogen) atoms. The van der Waals surface area contributed by atoms with E-state index < -0.39 is 32.8 Å². The maximum Gasteiger partial charge on any atom is 0.229 e. The van der Waals surface area contributed by atoms with Gasteiger partial charge in [-0.05, 0) is 48.4 Å². The van der Waals surface area contributed by atoms with Gasteiger partial charge in [0.25, 0.3) is 0 Å². The van der Waals surface area contributed by atoms with E-state index in [0.29, 0.717) is 30.0 Å². The third kappa shape index (κ3) is 5.49. The van der Waals surface area contributed by atoms with Crippen molar-refractivity contribution in [2.45, 2.75) is 37.0 Å². The molecular weight excluding hydrogens is 542 g/mol. The molecule has 4 atom stereocenters. The zero-order valence-corrected chi connectivity index (χ0v) is 22.8. The highest BCUT2D eigenvalue weighted by Crippen LogP contribution is 2.41. The first-order valence-corrected chi connectivity index (χ1v) is 14.8. The average Bonchev–Trinajstić information content (AvgIpc) is 3.28. The van der Waals surface area contributed by atoms with Crippen LogP contribution in [-0.4, -0.2) is 63.9 Å². The summed E-state index contributed by atoms with van der Waals surface area (Å²) < 4.78 is 61.0. The number of hydrogen-bond acceptors (Lipinski definition) is 9. The number of rotatable bonds is 8. The predicted octanol–water partition coefficient (Wildman–Crippen LogP) is 3.44. The van der Waals surface area contributed by atoms with Gasteiger partial charge in [0, 0.05) is 30.6 Å². The Labute approximate surface area is 230 Å². The van der Waals surface area contributed by atoms with Crippen LogP contribution < -0.4 is 15.8 Å². The van der Waals surface area contributed by atoms with Gasteiger partial charge in [0.1, 0.15) is 24.0 Å². The van der Waals surface area contributed by atoms with Gasteiger partial charge in [-0.1, -0.05) is 6.92 Å². The molecule has 212 valence electrons. The number of anilines is 2. The largest absolute Gasteiger partial charge is 0.491 e. The van der Waals surface area contributed by atoms with Crippen molar-refractivity contribution in [1.82, 2.24) is 19.6 Å². The Kier molecular flexibility index (Phi) is 7.71. The Bertz CT molecular complexity index is 1610. The molecule has 0 radical (unpaired) electrons. The van der Waals surface area contributed by atoms with E-state index in [2.05, 4.69) is 20.4 Å². The van der Waals surface area contributed by atoms with E-state index in [9.17, 15) is 17.2 Å². The van der Waals surface area contributed by atoms with Crippen molar-refractivity contribution in [3.05, 3.63) is 66.1 Å². The number of aromatic nitrogens is 4. The summed E-state index contributed by atoms with van der Waals surface area (Å²) in [4.78, 5) is 8.64. The van der Waals surface area contributed by atoms with Gasteiger partial charge in [-0.25, -0.2) is 22.2 Å². The van der Waals surface area contributed by atoms with Gasteiger partial charge in [0.2, 0.25) is 5.95 Å². The number of benzene rings is 1. The van der Waals surface area contributed by atoms with Crippen LogP contribution in [0.4, 0.5) is 20.4 Å². The van der Waals surface area contributed by atoms with Crippen molar-refractivity contribution in [2.75, 3.05) is 24.8 Å². The van der Waals surface area contributed by atoms with Crippen LogP contribution in [0.3, 0.4) is 0 Å². The quantitative estimate of drug-likeness (QED) is 0.289. The van der Waals surface area contributed by atoms with E-state index in [1.807, 2.05) is 13.0 Å². The molecule has 10 nitrogen and oxygen atoms in total. The van der Waals surface area contributed by atoms with Gasteiger partial charge < -0.3 is 20.9 Å². The monoisotopic (exact) mass is 572 g/mol. The molecule has 0 spiro atoms. The second-order valence-corrected chi connectivity index (χ2v) is 12.4. The number of pyridine rings is 1. The molecule has 4 N–H and O–H groups in total. The number of sulfone groups is 1. The van der Waals surface area contributed by atoms with Crippen LogP contribution in [0, 0.1) is 17.6 Å². The van der Waals surface area contributed by atoms with Crippen molar-refractivity contribution in [1.29, 1.82) is 0 Å². The minimum absolute atomic E-state index is 0.0157. The normalized spacial score (nSPS) is 21.4. The number of hydrogen-bond donors (Lipinski definition) is 3. The lowest BCUT2D eigenvalue weighted by Gasteiger charge is -2.38. The minimum atomic E-state index is -3.29. The Hall–Kier alpha value is -3.68. The number of aliphatic hydroxyl groups is 1.